The molecule has 1 aliphatic carbocycles. The lowest BCUT2D eigenvalue weighted by molar-refractivity contribution is -0.135. The van der Waals surface area contributed by atoms with Gasteiger partial charge < -0.3 is 9.80 Å². The first-order chi connectivity index (χ1) is 11.7. The average Bonchev–Trinajstić information content (AvgIpc) is 3.35. The Bertz CT molecular complexity index is 659. The minimum Gasteiger partial charge on any atom is -0.342 e. The molecule has 3 aliphatic rings. The lowest BCUT2D eigenvalue weighted by Gasteiger charge is -2.34. The van der Waals surface area contributed by atoms with E-state index < -0.39 is 15.4 Å². The third-order valence-corrected chi connectivity index (χ3v) is 7.90. The van der Waals surface area contributed by atoms with Crippen molar-refractivity contribution in [3.63, 3.8) is 0 Å². The van der Waals surface area contributed by atoms with Gasteiger partial charge in [0.2, 0.25) is 21.8 Å². The zero-order valence-corrected chi connectivity index (χ0v) is 16.2. The first-order valence-electron chi connectivity index (χ1n) is 9.24. The van der Waals surface area contributed by atoms with Crippen LogP contribution in [0.15, 0.2) is 0 Å². The van der Waals surface area contributed by atoms with Gasteiger partial charge in [0.15, 0.2) is 0 Å². The Hall–Kier alpha value is -1.15. The van der Waals surface area contributed by atoms with Gasteiger partial charge in [-0.15, -0.1) is 0 Å². The summed E-state index contributed by atoms with van der Waals surface area (Å²) in [5.74, 6) is -0.0411. The molecule has 1 saturated carbocycles. The van der Waals surface area contributed by atoms with Crippen LogP contribution in [0.4, 0.5) is 0 Å². The molecular formula is C17H29N3O4S. The summed E-state index contributed by atoms with van der Waals surface area (Å²) in [4.78, 5) is 28.5. The maximum Gasteiger partial charge on any atom is 0.225 e. The van der Waals surface area contributed by atoms with Crippen LogP contribution in [-0.4, -0.2) is 78.9 Å². The van der Waals surface area contributed by atoms with Crippen molar-refractivity contribution in [2.24, 2.45) is 11.3 Å². The fourth-order valence-electron chi connectivity index (χ4n) is 4.05. The predicted octanol–water partition coefficient (Wildman–Crippen LogP) is 0.517. The molecule has 2 saturated heterocycles. The van der Waals surface area contributed by atoms with Crippen LogP contribution >= 0.6 is 0 Å². The maximum absolute atomic E-state index is 12.8. The molecule has 2 aliphatic heterocycles. The van der Waals surface area contributed by atoms with Crippen molar-refractivity contribution in [1.29, 1.82) is 0 Å². The molecule has 0 bridgehead atoms. The first kappa shape index (κ1) is 18.6. The van der Waals surface area contributed by atoms with E-state index in [2.05, 4.69) is 0 Å². The Morgan fingerprint density at radius 3 is 2.40 bits per heavy atom. The maximum atomic E-state index is 12.8. The molecule has 2 amide bonds. The van der Waals surface area contributed by atoms with E-state index in [9.17, 15) is 18.0 Å². The van der Waals surface area contributed by atoms with E-state index >= 15 is 0 Å². The number of carbonyl (C=O) groups is 2. The molecule has 3 rings (SSSR count). The summed E-state index contributed by atoms with van der Waals surface area (Å²) in [6, 6.07) is 0. The Morgan fingerprint density at radius 1 is 1.20 bits per heavy atom. The normalized spacial score (nSPS) is 28.9. The van der Waals surface area contributed by atoms with Gasteiger partial charge in [0.1, 0.15) is 0 Å². The summed E-state index contributed by atoms with van der Waals surface area (Å²) in [6.07, 6.45) is 1.76. The predicted molar refractivity (Wildman–Crippen MR) is 94.2 cm³/mol. The summed E-state index contributed by atoms with van der Waals surface area (Å²) in [6.45, 7) is 8.34. The topological polar surface area (TPSA) is 78.0 Å². The van der Waals surface area contributed by atoms with Crippen molar-refractivity contribution >= 4 is 21.8 Å². The Labute approximate surface area is 150 Å². The Morgan fingerprint density at radius 2 is 1.88 bits per heavy atom. The molecule has 1 spiro atoms. The Balaban J connectivity index is 1.90. The van der Waals surface area contributed by atoms with Gasteiger partial charge >= 0.3 is 0 Å². The van der Waals surface area contributed by atoms with Crippen molar-refractivity contribution in [2.75, 3.05) is 39.3 Å². The summed E-state index contributed by atoms with van der Waals surface area (Å²) < 4.78 is 27.2. The SMILES string of the molecule is CCN1C[C@]2(CC1=O)CN(C(=O)C(C)C)CCN(S(=O)(=O)C1CC1)C2. The molecule has 0 aromatic rings. The van der Waals surface area contributed by atoms with Gasteiger partial charge in [-0.2, -0.15) is 4.31 Å². The van der Waals surface area contributed by atoms with Gasteiger partial charge in [0.05, 0.1) is 5.25 Å². The fraction of sp³-hybridized carbons (Fsp3) is 0.882. The van der Waals surface area contributed by atoms with Crippen LogP contribution in [0.1, 0.15) is 40.0 Å². The van der Waals surface area contributed by atoms with Crippen molar-refractivity contribution in [2.45, 2.75) is 45.3 Å². The number of nitrogens with zero attached hydrogens (tertiary/aromatic N) is 3. The molecule has 3 fully saturated rings. The molecule has 0 aromatic heterocycles. The molecule has 0 radical (unpaired) electrons. The molecule has 2 heterocycles. The highest BCUT2D eigenvalue weighted by Crippen LogP contribution is 2.39. The fourth-order valence-corrected chi connectivity index (χ4v) is 5.99. The molecule has 7 nitrogen and oxygen atoms in total. The highest BCUT2D eigenvalue weighted by Gasteiger charge is 2.50. The quantitative estimate of drug-likeness (QED) is 0.722. The van der Waals surface area contributed by atoms with E-state index in [-0.39, 0.29) is 23.0 Å². The van der Waals surface area contributed by atoms with Crippen molar-refractivity contribution in [3.05, 3.63) is 0 Å². The molecular weight excluding hydrogens is 342 g/mol. The number of rotatable bonds is 4. The van der Waals surface area contributed by atoms with Gasteiger partial charge in [0.25, 0.3) is 0 Å². The second-order valence-corrected chi connectivity index (χ2v) is 10.3. The van der Waals surface area contributed by atoms with Gasteiger partial charge in [-0.25, -0.2) is 8.42 Å². The summed E-state index contributed by atoms with van der Waals surface area (Å²) in [5, 5.41) is -0.267. The number of amides is 2. The second-order valence-electron chi connectivity index (χ2n) is 8.08. The van der Waals surface area contributed by atoms with Crippen molar-refractivity contribution < 1.29 is 18.0 Å². The molecule has 25 heavy (non-hydrogen) atoms. The van der Waals surface area contributed by atoms with E-state index in [1.807, 2.05) is 20.8 Å². The summed E-state index contributed by atoms with van der Waals surface area (Å²) in [5.41, 5.74) is -0.490. The van der Waals surface area contributed by atoms with E-state index in [0.29, 0.717) is 45.7 Å². The van der Waals surface area contributed by atoms with Gasteiger partial charge in [-0.1, -0.05) is 13.8 Å². The van der Waals surface area contributed by atoms with E-state index in [0.717, 1.165) is 12.8 Å². The van der Waals surface area contributed by atoms with Crippen molar-refractivity contribution in [3.8, 4) is 0 Å². The van der Waals surface area contributed by atoms with Crippen LogP contribution in [0.2, 0.25) is 0 Å². The Kier molecular flexibility index (Phi) is 4.87. The first-order valence-corrected chi connectivity index (χ1v) is 10.7. The third-order valence-electron chi connectivity index (χ3n) is 5.56. The lowest BCUT2D eigenvalue weighted by Crippen LogP contribution is -2.46. The smallest absolute Gasteiger partial charge is 0.225 e. The van der Waals surface area contributed by atoms with Gasteiger partial charge in [-0.05, 0) is 19.8 Å². The van der Waals surface area contributed by atoms with Crippen LogP contribution in [0.5, 0.6) is 0 Å². The van der Waals surface area contributed by atoms with Crippen LogP contribution in [0.25, 0.3) is 0 Å². The molecule has 0 unspecified atom stereocenters. The highest BCUT2D eigenvalue weighted by atomic mass is 32.2. The standard InChI is InChI=1S/C17H29N3O4S/c1-4-18-10-17(9-15(18)21)11-19(16(22)13(2)3)7-8-20(12-17)25(23,24)14-5-6-14/h13-14H,4-12H2,1-3H3/t17-/m1/s1. The summed E-state index contributed by atoms with van der Waals surface area (Å²) >= 11 is 0. The van der Waals surface area contributed by atoms with Crippen molar-refractivity contribution in [1.82, 2.24) is 14.1 Å². The van der Waals surface area contributed by atoms with Crippen LogP contribution < -0.4 is 0 Å². The van der Waals surface area contributed by atoms with Gasteiger partial charge in [0, 0.05) is 57.0 Å². The second kappa shape index (κ2) is 6.54. The number of sulfonamides is 1. The molecule has 0 N–H and O–H groups in total. The van der Waals surface area contributed by atoms with Crippen LogP contribution in [0.3, 0.4) is 0 Å². The van der Waals surface area contributed by atoms with E-state index in [1.54, 1.807) is 14.1 Å². The zero-order chi connectivity index (χ0) is 18.4. The van der Waals surface area contributed by atoms with Crippen LogP contribution in [-0.2, 0) is 19.6 Å². The van der Waals surface area contributed by atoms with Gasteiger partial charge in [-0.3, -0.25) is 9.59 Å². The minimum absolute atomic E-state index is 0.0347. The van der Waals surface area contributed by atoms with E-state index in [1.165, 1.54) is 0 Å². The molecule has 1 atom stereocenters. The van der Waals surface area contributed by atoms with Crippen LogP contribution in [0, 0.1) is 11.3 Å². The highest BCUT2D eigenvalue weighted by molar-refractivity contribution is 7.90. The zero-order valence-electron chi connectivity index (χ0n) is 15.4. The molecule has 0 aromatic carbocycles. The number of likely N-dealkylation sites (tertiary alicyclic amines) is 1. The number of carbonyl (C=O) groups excluding carboxylic acids is 2. The third kappa shape index (κ3) is 3.56. The summed E-state index contributed by atoms with van der Waals surface area (Å²) in [7, 11) is -3.32. The minimum atomic E-state index is -3.32. The molecule has 142 valence electrons. The van der Waals surface area contributed by atoms with E-state index in [4.69, 9.17) is 0 Å². The average molecular weight is 372 g/mol. The molecule has 8 heteroatoms. The lowest BCUT2D eigenvalue weighted by atomic mass is 9.86. The monoisotopic (exact) mass is 371 g/mol. The number of hydrogen-bond acceptors (Lipinski definition) is 4. The largest absolute Gasteiger partial charge is 0.342 e. The number of hydrogen-bond donors (Lipinski definition) is 0.